The molecule has 1 aromatic heterocycles. The number of amides is 2. The van der Waals surface area contributed by atoms with Crippen LogP contribution in [-0.4, -0.2) is 57.1 Å². The van der Waals surface area contributed by atoms with Crippen molar-refractivity contribution in [2.45, 2.75) is 38.1 Å². The number of carbonyl (C=O) groups excluding carboxylic acids is 3. The molecule has 3 rings (SSSR count). The van der Waals surface area contributed by atoms with E-state index >= 15 is 0 Å². The number of methoxy groups -OCH3 is 1. The molecule has 0 saturated heterocycles. The van der Waals surface area contributed by atoms with Crippen LogP contribution in [0.2, 0.25) is 0 Å². The summed E-state index contributed by atoms with van der Waals surface area (Å²) < 4.78 is 35.4. The first-order chi connectivity index (χ1) is 15.7. The molecule has 0 radical (unpaired) electrons. The molecule has 2 heterocycles. The third-order valence-electron chi connectivity index (χ3n) is 5.25. The van der Waals surface area contributed by atoms with E-state index < -0.39 is 21.7 Å². The van der Waals surface area contributed by atoms with Crippen molar-refractivity contribution in [3.8, 4) is 5.75 Å². The minimum atomic E-state index is -3.68. The van der Waals surface area contributed by atoms with E-state index in [1.165, 1.54) is 37.5 Å². The van der Waals surface area contributed by atoms with Crippen molar-refractivity contribution in [1.82, 2.24) is 4.90 Å². The molecule has 1 aromatic carbocycles. The lowest BCUT2D eigenvalue weighted by molar-refractivity contribution is -0.129. The third kappa shape index (κ3) is 5.72. The van der Waals surface area contributed by atoms with Gasteiger partial charge in [-0.3, -0.25) is 9.59 Å². The summed E-state index contributed by atoms with van der Waals surface area (Å²) in [7, 11) is -2.19. The van der Waals surface area contributed by atoms with Crippen molar-refractivity contribution in [3.05, 3.63) is 40.3 Å². The van der Waals surface area contributed by atoms with Crippen LogP contribution < -0.4 is 10.1 Å². The highest BCUT2D eigenvalue weighted by Crippen LogP contribution is 2.37. The van der Waals surface area contributed by atoms with Crippen molar-refractivity contribution in [2.24, 2.45) is 0 Å². The number of hydrogen-bond donors (Lipinski definition) is 1. The van der Waals surface area contributed by atoms with E-state index in [2.05, 4.69) is 5.32 Å². The topological polar surface area (TPSA) is 119 Å². The number of rotatable bonds is 8. The molecule has 0 fully saturated rings. The zero-order chi connectivity index (χ0) is 24.2. The fourth-order valence-corrected chi connectivity index (χ4v) is 6.00. The van der Waals surface area contributed by atoms with Crippen LogP contribution in [0.3, 0.4) is 0 Å². The number of benzene rings is 1. The number of carbonyl (C=O) groups is 3. The smallest absolute Gasteiger partial charge is 0.341 e. The first-order valence-electron chi connectivity index (χ1n) is 10.4. The fraction of sp³-hybridized carbons (Fsp3) is 0.409. The maximum atomic E-state index is 12.6. The van der Waals surface area contributed by atoms with Gasteiger partial charge >= 0.3 is 5.97 Å². The molecule has 0 atom stereocenters. The van der Waals surface area contributed by atoms with Gasteiger partial charge in [-0.05, 0) is 43.2 Å². The van der Waals surface area contributed by atoms with Gasteiger partial charge in [-0.15, -0.1) is 11.3 Å². The van der Waals surface area contributed by atoms with Gasteiger partial charge in [0.2, 0.25) is 11.8 Å². The van der Waals surface area contributed by atoms with E-state index in [0.717, 1.165) is 10.4 Å². The van der Waals surface area contributed by atoms with Gasteiger partial charge in [-0.1, -0.05) is 0 Å². The number of nitrogens with zero attached hydrogens (tertiary/aromatic N) is 1. The van der Waals surface area contributed by atoms with Gasteiger partial charge in [-0.25, -0.2) is 13.2 Å². The predicted molar refractivity (Wildman–Crippen MR) is 123 cm³/mol. The lowest BCUT2D eigenvalue weighted by Gasteiger charge is -2.25. The van der Waals surface area contributed by atoms with Crippen molar-refractivity contribution < 1.29 is 32.3 Å². The first kappa shape index (κ1) is 24.7. The van der Waals surface area contributed by atoms with Gasteiger partial charge in [0.25, 0.3) is 0 Å². The molecule has 2 amide bonds. The number of hydrogen-bond acceptors (Lipinski definition) is 8. The molecular weight excluding hydrogens is 468 g/mol. The Morgan fingerprint density at radius 2 is 1.88 bits per heavy atom. The summed E-state index contributed by atoms with van der Waals surface area (Å²) in [6.45, 7) is 4.17. The molecule has 2 aromatic rings. The molecule has 178 valence electrons. The quantitative estimate of drug-likeness (QED) is 0.560. The number of anilines is 1. The van der Waals surface area contributed by atoms with Gasteiger partial charge in [-0.2, -0.15) is 0 Å². The van der Waals surface area contributed by atoms with Gasteiger partial charge in [0, 0.05) is 24.8 Å². The second-order valence-electron chi connectivity index (χ2n) is 7.41. The molecular formula is C22H26N2O7S2. The van der Waals surface area contributed by atoms with E-state index in [1.54, 1.807) is 24.0 Å². The van der Waals surface area contributed by atoms with E-state index in [4.69, 9.17) is 9.47 Å². The average Bonchev–Trinajstić information content (AvgIpc) is 3.14. The van der Waals surface area contributed by atoms with Gasteiger partial charge in [0.15, 0.2) is 9.84 Å². The lowest BCUT2D eigenvalue weighted by atomic mass is 10.0. The zero-order valence-corrected chi connectivity index (χ0v) is 20.3. The molecule has 0 unspecified atom stereocenters. The Balaban J connectivity index is 1.75. The minimum absolute atomic E-state index is 0.0685. The third-order valence-corrected chi connectivity index (χ3v) is 8.12. The van der Waals surface area contributed by atoms with Crippen LogP contribution in [0.25, 0.3) is 0 Å². The standard InChI is InChI=1S/C22H26N2O7S2/c1-4-31-22(27)20-17-9-11-24(14(2)25)13-18(17)32-21(20)23-19(26)10-12-33(28,29)16-7-5-15(30-3)6-8-16/h5-8H,4,9-13H2,1-3H3,(H,23,26). The summed E-state index contributed by atoms with van der Waals surface area (Å²) in [6.07, 6.45) is 0.194. The molecule has 11 heteroatoms. The Bertz CT molecular complexity index is 1150. The Morgan fingerprint density at radius 1 is 1.18 bits per heavy atom. The van der Waals surface area contributed by atoms with Crippen LogP contribution in [0.5, 0.6) is 5.75 Å². The summed E-state index contributed by atoms with van der Waals surface area (Å²) in [5.74, 6) is -1.00. The van der Waals surface area contributed by atoms with Crippen molar-refractivity contribution in [1.29, 1.82) is 0 Å². The monoisotopic (exact) mass is 494 g/mol. The number of esters is 1. The van der Waals surface area contributed by atoms with Crippen LogP contribution in [0.4, 0.5) is 5.00 Å². The van der Waals surface area contributed by atoms with Crippen LogP contribution in [0, 0.1) is 0 Å². The number of thiophene rings is 1. The minimum Gasteiger partial charge on any atom is -0.497 e. The second-order valence-corrected chi connectivity index (χ2v) is 10.6. The average molecular weight is 495 g/mol. The van der Waals surface area contributed by atoms with Crippen LogP contribution in [0.1, 0.15) is 41.1 Å². The molecule has 1 N–H and O–H groups in total. The first-order valence-corrected chi connectivity index (χ1v) is 12.9. The zero-order valence-electron chi connectivity index (χ0n) is 18.7. The highest BCUT2D eigenvalue weighted by atomic mass is 32.2. The summed E-state index contributed by atoms with van der Waals surface area (Å²) in [6, 6.07) is 5.94. The van der Waals surface area contributed by atoms with Gasteiger partial charge < -0.3 is 19.7 Å². The Hall–Kier alpha value is -2.92. The summed E-state index contributed by atoms with van der Waals surface area (Å²) >= 11 is 1.21. The molecule has 0 saturated carbocycles. The largest absolute Gasteiger partial charge is 0.497 e. The van der Waals surface area contributed by atoms with Crippen LogP contribution >= 0.6 is 11.3 Å². The molecule has 1 aliphatic rings. The SMILES string of the molecule is CCOC(=O)c1c(NC(=O)CCS(=O)(=O)c2ccc(OC)cc2)sc2c1CCN(C(C)=O)C2. The molecule has 9 nitrogen and oxygen atoms in total. The predicted octanol–water partition coefficient (Wildman–Crippen LogP) is 2.64. The number of sulfone groups is 1. The Kier molecular flexibility index (Phi) is 7.75. The fourth-order valence-electron chi connectivity index (χ4n) is 3.50. The van der Waals surface area contributed by atoms with E-state index in [1.807, 2.05) is 0 Å². The normalized spacial score (nSPS) is 13.2. The Labute approximate surface area is 196 Å². The maximum Gasteiger partial charge on any atom is 0.341 e. The molecule has 33 heavy (non-hydrogen) atoms. The number of ether oxygens (including phenoxy) is 2. The maximum absolute atomic E-state index is 12.6. The van der Waals surface area contributed by atoms with E-state index in [-0.39, 0.29) is 35.1 Å². The lowest BCUT2D eigenvalue weighted by Crippen LogP contribution is -2.34. The van der Waals surface area contributed by atoms with Gasteiger partial charge in [0.1, 0.15) is 10.8 Å². The van der Waals surface area contributed by atoms with Crippen molar-refractivity contribution in [2.75, 3.05) is 31.3 Å². The number of nitrogens with one attached hydrogen (secondary N) is 1. The van der Waals surface area contributed by atoms with Gasteiger partial charge in [0.05, 0.1) is 36.5 Å². The second kappa shape index (κ2) is 10.3. The van der Waals surface area contributed by atoms with Crippen LogP contribution in [-0.2, 0) is 37.1 Å². The summed E-state index contributed by atoms with van der Waals surface area (Å²) in [5, 5.41) is 3.00. The van der Waals surface area contributed by atoms with Crippen molar-refractivity contribution >= 4 is 44.0 Å². The van der Waals surface area contributed by atoms with E-state index in [9.17, 15) is 22.8 Å². The molecule has 0 aliphatic carbocycles. The highest BCUT2D eigenvalue weighted by Gasteiger charge is 2.30. The van der Waals surface area contributed by atoms with Crippen molar-refractivity contribution in [3.63, 3.8) is 0 Å². The summed E-state index contributed by atoms with van der Waals surface area (Å²) in [5.41, 5.74) is 1.04. The highest BCUT2D eigenvalue weighted by molar-refractivity contribution is 7.91. The summed E-state index contributed by atoms with van der Waals surface area (Å²) in [4.78, 5) is 39.5. The molecule has 0 spiro atoms. The molecule has 0 bridgehead atoms. The number of fused-ring (bicyclic) bond motifs is 1. The van der Waals surface area contributed by atoms with E-state index in [0.29, 0.717) is 30.3 Å². The molecule has 1 aliphatic heterocycles. The van der Waals surface area contributed by atoms with Crippen LogP contribution in [0.15, 0.2) is 29.2 Å². The Morgan fingerprint density at radius 3 is 2.48 bits per heavy atom.